The molecule has 0 spiro atoms. The van der Waals surface area contributed by atoms with E-state index in [2.05, 4.69) is 28.1 Å². The Kier molecular flexibility index (Phi) is 2.80. The Bertz CT molecular complexity index is 388. The summed E-state index contributed by atoms with van der Waals surface area (Å²) in [6.45, 7) is 1.51. The van der Waals surface area contributed by atoms with Crippen molar-refractivity contribution in [3.63, 3.8) is 0 Å². The lowest BCUT2D eigenvalue weighted by Gasteiger charge is -2.12. The largest absolute Gasteiger partial charge is 0.490 e. The number of benzene rings is 1. The second-order valence-electron chi connectivity index (χ2n) is 4.50. The van der Waals surface area contributed by atoms with Gasteiger partial charge in [-0.05, 0) is 36.5 Å². The van der Waals surface area contributed by atoms with Crippen LogP contribution in [0.3, 0.4) is 0 Å². The lowest BCUT2D eigenvalue weighted by atomic mass is 10.1. The Hall–Kier alpha value is -0.700. The van der Waals surface area contributed by atoms with Crippen LogP contribution < -0.4 is 9.47 Å². The highest BCUT2D eigenvalue weighted by Crippen LogP contribution is 2.47. The third kappa shape index (κ3) is 2.05. The van der Waals surface area contributed by atoms with Crippen molar-refractivity contribution in [2.45, 2.75) is 24.1 Å². The van der Waals surface area contributed by atoms with E-state index in [0.29, 0.717) is 4.83 Å². The molecule has 3 heteroatoms. The van der Waals surface area contributed by atoms with Gasteiger partial charge < -0.3 is 9.47 Å². The van der Waals surface area contributed by atoms with Crippen LogP contribution in [-0.2, 0) is 0 Å². The molecular weight excluding hydrogens is 268 g/mol. The molecule has 1 aliphatic heterocycles. The number of halogens is 1. The Balaban J connectivity index is 1.87. The summed E-state index contributed by atoms with van der Waals surface area (Å²) in [5, 5.41) is 0. The number of hydrogen-bond donors (Lipinski definition) is 0. The molecule has 0 N–H and O–H groups in total. The van der Waals surface area contributed by atoms with Gasteiger partial charge in [0.1, 0.15) is 0 Å². The van der Waals surface area contributed by atoms with E-state index in [1.807, 2.05) is 6.07 Å². The normalized spacial score (nSPS) is 21.3. The molecule has 0 bridgehead atoms. The number of ether oxygens (including phenoxy) is 2. The van der Waals surface area contributed by atoms with Crippen LogP contribution in [0.25, 0.3) is 0 Å². The lowest BCUT2D eigenvalue weighted by Crippen LogP contribution is -1.97. The molecule has 0 amide bonds. The first-order valence-corrected chi connectivity index (χ1v) is 6.80. The molecule has 0 aromatic heterocycles. The van der Waals surface area contributed by atoms with Gasteiger partial charge in [0.2, 0.25) is 0 Å². The van der Waals surface area contributed by atoms with Crippen LogP contribution in [0.5, 0.6) is 11.5 Å². The minimum atomic E-state index is 0.477. The zero-order chi connectivity index (χ0) is 11.0. The van der Waals surface area contributed by atoms with Gasteiger partial charge in [0, 0.05) is 11.2 Å². The number of alkyl halides is 1. The second kappa shape index (κ2) is 4.28. The highest BCUT2D eigenvalue weighted by atomic mass is 79.9. The third-order valence-electron chi connectivity index (χ3n) is 3.13. The molecular formula is C13H15BrO2. The van der Waals surface area contributed by atoms with E-state index in [9.17, 15) is 0 Å². The number of rotatable bonds is 2. The van der Waals surface area contributed by atoms with E-state index < -0.39 is 0 Å². The monoisotopic (exact) mass is 282 g/mol. The molecule has 2 nitrogen and oxygen atoms in total. The van der Waals surface area contributed by atoms with E-state index >= 15 is 0 Å². The van der Waals surface area contributed by atoms with Crippen LogP contribution in [-0.4, -0.2) is 13.2 Å². The van der Waals surface area contributed by atoms with E-state index in [-0.39, 0.29) is 0 Å². The molecule has 1 unspecified atom stereocenters. The quantitative estimate of drug-likeness (QED) is 0.771. The van der Waals surface area contributed by atoms with Crippen LogP contribution in [0, 0.1) is 5.92 Å². The van der Waals surface area contributed by atoms with Crippen molar-refractivity contribution >= 4 is 15.9 Å². The van der Waals surface area contributed by atoms with E-state index in [4.69, 9.17) is 9.47 Å². The second-order valence-corrected chi connectivity index (χ2v) is 5.48. The SMILES string of the molecule is BrC(c1ccc2c(c1)OCCCO2)C1CC1. The predicted molar refractivity (Wildman–Crippen MR) is 66.4 cm³/mol. The molecule has 0 radical (unpaired) electrons. The molecule has 1 aromatic carbocycles. The van der Waals surface area contributed by atoms with Crippen LogP contribution in [0.2, 0.25) is 0 Å². The van der Waals surface area contributed by atoms with Gasteiger partial charge in [-0.2, -0.15) is 0 Å². The standard InChI is InChI=1S/C13H15BrO2/c14-13(9-2-3-9)10-4-5-11-12(8-10)16-7-1-6-15-11/h4-5,8-9,13H,1-3,6-7H2. The van der Waals surface area contributed by atoms with Crippen molar-refractivity contribution in [2.24, 2.45) is 5.92 Å². The first kappa shape index (κ1) is 10.5. The molecule has 1 fully saturated rings. The maximum absolute atomic E-state index is 5.69. The number of fused-ring (bicyclic) bond motifs is 1. The van der Waals surface area contributed by atoms with Crippen molar-refractivity contribution in [1.29, 1.82) is 0 Å². The van der Waals surface area contributed by atoms with Gasteiger partial charge in [-0.15, -0.1) is 0 Å². The average molecular weight is 283 g/mol. The Labute approximate surface area is 104 Å². The molecule has 1 heterocycles. The fourth-order valence-corrected chi connectivity index (χ4v) is 2.83. The van der Waals surface area contributed by atoms with Crippen LogP contribution in [0.15, 0.2) is 18.2 Å². The van der Waals surface area contributed by atoms with Crippen molar-refractivity contribution in [3.05, 3.63) is 23.8 Å². The summed E-state index contributed by atoms with van der Waals surface area (Å²) in [6.07, 6.45) is 3.64. The van der Waals surface area contributed by atoms with Crippen molar-refractivity contribution in [2.75, 3.05) is 13.2 Å². The molecule has 0 saturated heterocycles. The number of hydrogen-bond acceptors (Lipinski definition) is 2. The van der Waals surface area contributed by atoms with Gasteiger partial charge >= 0.3 is 0 Å². The van der Waals surface area contributed by atoms with Crippen LogP contribution >= 0.6 is 15.9 Å². The molecule has 1 aromatic rings. The smallest absolute Gasteiger partial charge is 0.161 e. The summed E-state index contributed by atoms with van der Waals surface area (Å²) >= 11 is 3.76. The van der Waals surface area contributed by atoms with Gasteiger partial charge in [0.05, 0.1) is 13.2 Å². The summed E-state index contributed by atoms with van der Waals surface area (Å²) in [5.74, 6) is 2.60. The van der Waals surface area contributed by atoms with Gasteiger partial charge in [-0.3, -0.25) is 0 Å². The fraction of sp³-hybridized carbons (Fsp3) is 0.538. The van der Waals surface area contributed by atoms with Gasteiger partial charge in [0.15, 0.2) is 11.5 Å². The van der Waals surface area contributed by atoms with Crippen LogP contribution in [0.1, 0.15) is 29.7 Å². The molecule has 1 aliphatic carbocycles. The zero-order valence-corrected chi connectivity index (χ0v) is 10.7. The van der Waals surface area contributed by atoms with E-state index in [1.54, 1.807) is 0 Å². The van der Waals surface area contributed by atoms with Gasteiger partial charge in [-0.25, -0.2) is 0 Å². The molecule has 16 heavy (non-hydrogen) atoms. The minimum Gasteiger partial charge on any atom is -0.490 e. The third-order valence-corrected chi connectivity index (χ3v) is 4.40. The predicted octanol–water partition coefficient (Wildman–Crippen LogP) is 3.69. The molecule has 1 saturated carbocycles. The van der Waals surface area contributed by atoms with Crippen molar-refractivity contribution in [1.82, 2.24) is 0 Å². The highest BCUT2D eigenvalue weighted by Gasteiger charge is 2.30. The highest BCUT2D eigenvalue weighted by molar-refractivity contribution is 9.09. The lowest BCUT2D eigenvalue weighted by molar-refractivity contribution is 0.297. The van der Waals surface area contributed by atoms with Gasteiger partial charge in [-0.1, -0.05) is 22.0 Å². The maximum atomic E-state index is 5.69. The first-order chi connectivity index (χ1) is 7.84. The minimum absolute atomic E-state index is 0.477. The summed E-state index contributed by atoms with van der Waals surface area (Å²) in [4.78, 5) is 0.477. The topological polar surface area (TPSA) is 18.5 Å². The molecule has 3 rings (SSSR count). The summed E-state index contributed by atoms with van der Waals surface area (Å²) < 4.78 is 11.3. The summed E-state index contributed by atoms with van der Waals surface area (Å²) in [5.41, 5.74) is 1.31. The fourth-order valence-electron chi connectivity index (χ4n) is 2.01. The zero-order valence-electron chi connectivity index (χ0n) is 9.12. The van der Waals surface area contributed by atoms with E-state index in [1.165, 1.54) is 18.4 Å². The Morgan fingerprint density at radius 3 is 2.62 bits per heavy atom. The summed E-state index contributed by atoms with van der Waals surface area (Å²) in [7, 11) is 0. The maximum Gasteiger partial charge on any atom is 0.161 e. The average Bonchev–Trinajstić information content (AvgIpc) is 3.14. The Morgan fingerprint density at radius 2 is 1.88 bits per heavy atom. The van der Waals surface area contributed by atoms with Gasteiger partial charge in [0.25, 0.3) is 0 Å². The Morgan fingerprint density at radius 1 is 1.12 bits per heavy atom. The molecule has 2 aliphatic rings. The molecule has 1 atom stereocenters. The van der Waals surface area contributed by atoms with Crippen molar-refractivity contribution in [3.8, 4) is 11.5 Å². The van der Waals surface area contributed by atoms with Crippen LogP contribution in [0.4, 0.5) is 0 Å². The summed E-state index contributed by atoms with van der Waals surface area (Å²) in [6, 6.07) is 6.30. The van der Waals surface area contributed by atoms with Crippen molar-refractivity contribution < 1.29 is 9.47 Å². The van der Waals surface area contributed by atoms with E-state index in [0.717, 1.165) is 37.1 Å². The first-order valence-electron chi connectivity index (χ1n) is 5.88. The molecule has 86 valence electrons.